The maximum Gasteiger partial charge on any atom is 0.389 e. The third kappa shape index (κ3) is 11.6. The van der Waals surface area contributed by atoms with Crippen molar-refractivity contribution in [1.29, 1.82) is 0 Å². The van der Waals surface area contributed by atoms with E-state index in [9.17, 15) is 13.2 Å². The third-order valence-corrected chi connectivity index (χ3v) is 1.80. The average Bonchev–Trinajstić information content (AvgIpc) is 2.00. The Labute approximate surface area is 89.1 Å². The van der Waals surface area contributed by atoms with Gasteiger partial charge in [0.15, 0.2) is 0 Å². The lowest BCUT2D eigenvalue weighted by Gasteiger charge is -2.15. The Morgan fingerprint density at radius 3 is 2.27 bits per heavy atom. The molecular formula is C10H20F3NO. The summed E-state index contributed by atoms with van der Waals surface area (Å²) in [5.74, 6) is 0.417. The first-order valence-electron chi connectivity index (χ1n) is 5.25. The molecule has 0 rings (SSSR count). The lowest BCUT2D eigenvalue weighted by Crippen LogP contribution is -2.28. The molecule has 1 atom stereocenters. The molecule has 0 aromatic heterocycles. The molecule has 0 saturated heterocycles. The molecule has 0 radical (unpaired) electrons. The van der Waals surface area contributed by atoms with Crippen LogP contribution >= 0.6 is 0 Å². The van der Waals surface area contributed by atoms with E-state index in [0.717, 1.165) is 0 Å². The molecule has 0 heterocycles. The number of halogens is 3. The van der Waals surface area contributed by atoms with Gasteiger partial charge in [0.2, 0.25) is 0 Å². The normalized spacial score (nSPS) is 14.6. The zero-order valence-corrected chi connectivity index (χ0v) is 9.53. The largest absolute Gasteiger partial charge is 0.389 e. The van der Waals surface area contributed by atoms with E-state index >= 15 is 0 Å². The van der Waals surface area contributed by atoms with Gasteiger partial charge < -0.3 is 4.84 Å². The Kier molecular flexibility index (Phi) is 6.92. The molecule has 1 N–H and O–H groups in total. The van der Waals surface area contributed by atoms with Gasteiger partial charge in [0.05, 0.1) is 6.61 Å². The predicted molar refractivity (Wildman–Crippen MR) is 53.3 cm³/mol. The SMILES string of the molecule is CC(C)CONC(C)CCCC(F)(F)F. The quantitative estimate of drug-likeness (QED) is 0.674. The molecule has 2 nitrogen and oxygen atoms in total. The lowest BCUT2D eigenvalue weighted by atomic mass is 10.1. The molecule has 0 spiro atoms. The van der Waals surface area contributed by atoms with Crippen LogP contribution in [0.3, 0.4) is 0 Å². The van der Waals surface area contributed by atoms with Crippen LogP contribution in [0.25, 0.3) is 0 Å². The first-order valence-corrected chi connectivity index (χ1v) is 5.25. The Morgan fingerprint density at radius 1 is 1.20 bits per heavy atom. The Balaban J connectivity index is 3.37. The first kappa shape index (κ1) is 14.7. The number of hydrogen-bond donors (Lipinski definition) is 1. The summed E-state index contributed by atoms with van der Waals surface area (Å²) in [6.07, 6.45) is -4.15. The Bertz CT molecular complexity index is 159. The molecule has 0 fully saturated rings. The fourth-order valence-corrected chi connectivity index (χ4v) is 1.02. The topological polar surface area (TPSA) is 21.3 Å². The fraction of sp³-hybridized carbons (Fsp3) is 1.00. The number of nitrogens with one attached hydrogen (secondary N) is 1. The van der Waals surface area contributed by atoms with Crippen LogP contribution in [0.4, 0.5) is 13.2 Å². The van der Waals surface area contributed by atoms with E-state index in [1.165, 1.54) is 0 Å². The molecule has 0 aliphatic heterocycles. The van der Waals surface area contributed by atoms with Crippen LogP contribution in [0.1, 0.15) is 40.0 Å². The second kappa shape index (κ2) is 7.06. The highest BCUT2D eigenvalue weighted by atomic mass is 19.4. The van der Waals surface area contributed by atoms with Gasteiger partial charge in [0, 0.05) is 12.5 Å². The second-order valence-corrected chi connectivity index (χ2v) is 4.23. The van der Waals surface area contributed by atoms with E-state index in [-0.39, 0.29) is 12.5 Å². The van der Waals surface area contributed by atoms with Crippen molar-refractivity contribution in [3.05, 3.63) is 0 Å². The van der Waals surface area contributed by atoms with Crippen LogP contribution in [0, 0.1) is 5.92 Å². The highest BCUT2D eigenvalue weighted by Crippen LogP contribution is 2.22. The van der Waals surface area contributed by atoms with E-state index in [1.54, 1.807) is 0 Å². The van der Waals surface area contributed by atoms with E-state index in [1.807, 2.05) is 20.8 Å². The minimum absolute atomic E-state index is 0.0360. The van der Waals surface area contributed by atoms with Gasteiger partial charge in [-0.3, -0.25) is 0 Å². The van der Waals surface area contributed by atoms with E-state index in [4.69, 9.17) is 4.84 Å². The van der Waals surface area contributed by atoms with Gasteiger partial charge in [0.1, 0.15) is 0 Å². The summed E-state index contributed by atoms with van der Waals surface area (Å²) in [4.78, 5) is 5.11. The van der Waals surface area contributed by atoms with Crippen LogP contribution in [0.15, 0.2) is 0 Å². The number of hydrogen-bond acceptors (Lipinski definition) is 2. The molecule has 15 heavy (non-hydrogen) atoms. The number of hydroxylamine groups is 1. The van der Waals surface area contributed by atoms with Crippen LogP contribution in [0.5, 0.6) is 0 Å². The zero-order valence-electron chi connectivity index (χ0n) is 9.53. The molecule has 0 aliphatic rings. The van der Waals surface area contributed by atoms with Crippen molar-refractivity contribution >= 4 is 0 Å². The minimum Gasteiger partial charge on any atom is -0.301 e. The van der Waals surface area contributed by atoms with Crippen LogP contribution in [0.2, 0.25) is 0 Å². The molecule has 5 heteroatoms. The fourth-order valence-electron chi connectivity index (χ4n) is 1.02. The van der Waals surface area contributed by atoms with Crippen LogP contribution < -0.4 is 5.48 Å². The van der Waals surface area contributed by atoms with Gasteiger partial charge in [0.25, 0.3) is 0 Å². The van der Waals surface area contributed by atoms with Crippen molar-refractivity contribution in [2.75, 3.05) is 6.61 Å². The second-order valence-electron chi connectivity index (χ2n) is 4.23. The van der Waals surface area contributed by atoms with Crippen LogP contribution in [-0.4, -0.2) is 18.8 Å². The summed E-state index contributed by atoms with van der Waals surface area (Å²) in [6.45, 7) is 6.41. The lowest BCUT2D eigenvalue weighted by molar-refractivity contribution is -0.136. The van der Waals surface area contributed by atoms with Crippen molar-refractivity contribution in [2.45, 2.75) is 52.3 Å². The number of alkyl halides is 3. The highest BCUT2D eigenvalue weighted by molar-refractivity contribution is 4.58. The van der Waals surface area contributed by atoms with Crippen molar-refractivity contribution in [3.8, 4) is 0 Å². The summed E-state index contributed by atoms with van der Waals surface area (Å²) >= 11 is 0. The maximum atomic E-state index is 11.8. The van der Waals surface area contributed by atoms with Gasteiger partial charge >= 0.3 is 6.18 Å². The van der Waals surface area contributed by atoms with Gasteiger partial charge in [-0.1, -0.05) is 13.8 Å². The molecule has 0 bridgehead atoms. The van der Waals surface area contributed by atoms with Crippen molar-refractivity contribution < 1.29 is 18.0 Å². The average molecular weight is 227 g/mol. The smallest absolute Gasteiger partial charge is 0.301 e. The zero-order chi connectivity index (χ0) is 11.9. The van der Waals surface area contributed by atoms with Gasteiger partial charge in [-0.25, -0.2) is 0 Å². The monoisotopic (exact) mass is 227 g/mol. The predicted octanol–water partition coefficient (Wildman–Crippen LogP) is 3.28. The molecule has 92 valence electrons. The van der Waals surface area contributed by atoms with E-state index in [0.29, 0.717) is 18.9 Å². The Morgan fingerprint density at radius 2 is 1.80 bits per heavy atom. The first-order chi connectivity index (χ1) is 6.81. The molecule has 0 aromatic carbocycles. The van der Waals surface area contributed by atoms with Gasteiger partial charge in [-0.15, -0.1) is 0 Å². The number of rotatable bonds is 7. The standard InChI is InChI=1S/C10H20F3NO/c1-8(2)7-15-14-9(3)5-4-6-10(11,12)13/h8-9,14H,4-7H2,1-3H3. The summed E-state index contributed by atoms with van der Waals surface area (Å²) < 4.78 is 35.4. The molecule has 0 aromatic rings. The highest BCUT2D eigenvalue weighted by Gasteiger charge is 2.26. The third-order valence-electron chi connectivity index (χ3n) is 1.80. The van der Waals surface area contributed by atoms with E-state index in [2.05, 4.69) is 5.48 Å². The molecule has 0 aliphatic carbocycles. The summed E-state index contributed by atoms with van der Waals surface area (Å²) in [5.41, 5.74) is 2.73. The molecule has 0 amide bonds. The van der Waals surface area contributed by atoms with Gasteiger partial charge in [-0.05, 0) is 25.7 Å². The van der Waals surface area contributed by atoms with Gasteiger partial charge in [-0.2, -0.15) is 18.7 Å². The molecular weight excluding hydrogens is 207 g/mol. The van der Waals surface area contributed by atoms with Crippen LogP contribution in [-0.2, 0) is 4.84 Å². The summed E-state index contributed by atoms with van der Waals surface area (Å²) in [5, 5.41) is 0. The van der Waals surface area contributed by atoms with Crippen molar-refractivity contribution in [1.82, 2.24) is 5.48 Å². The van der Waals surface area contributed by atoms with E-state index < -0.39 is 12.6 Å². The van der Waals surface area contributed by atoms with Crippen molar-refractivity contribution in [3.63, 3.8) is 0 Å². The maximum absolute atomic E-state index is 11.8. The van der Waals surface area contributed by atoms with Crippen molar-refractivity contribution in [2.24, 2.45) is 5.92 Å². The molecule has 1 unspecified atom stereocenters. The summed E-state index contributed by atoms with van der Waals surface area (Å²) in [6, 6.07) is -0.0360. The molecule has 0 saturated carbocycles. The minimum atomic E-state index is -4.04. The summed E-state index contributed by atoms with van der Waals surface area (Å²) in [7, 11) is 0. The Hall–Kier alpha value is -0.290.